The molecule has 0 aliphatic heterocycles. The van der Waals surface area contributed by atoms with Gasteiger partial charge in [0, 0.05) is 5.69 Å². The topological polar surface area (TPSA) is 59.6 Å². The van der Waals surface area contributed by atoms with Crippen molar-refractivity contribution >= 4 is 40.6 Å². The van der Waals surface area contributed by atoms with Crippen molar-refractivity contribution in [3.05, 3.63) is 58.6 Å². The zero-order chi connectivity index (χ0) is 18.2. The van der Waals surface area contributed by atoms with E-state index in [2.05, 4.69) is 10.6 Å². The minimum atomic E-state index is -0.393. The van der Waals surface area contributed by atoms with Gasteiger partial charge in [0.25, 0.3) is 0 Å². The maximum Gasteiger partial charge on any atom is 0.337 e. The number of benzene rings is 2. The molecule has 0 saturated heterocycles. The van der Waals surface area contributed by atoms with Crippen LogP contribution in [0.2, 0.25) is 5.02 Å². The number of methoxy groups -OCH3 is 1. The number of carbonyl (C=O) groups excluding carboxylic acids is 1. The van der Waals surface area contributed by atoms with E-state index in [0.717, 1.165) is 11.3 Å². The number of nitrogens with one attached hydrogen (secondary N) is 2. The minimum Gasteiger partial charge on any atom is -0.490 e. The van der Waals surface area contributed by atoms with E-state index in [0.29, 0.717) is 34.6 Å². The Kier molecular flexibility index (Phi) is 7.03. The Morgan fingerprint density at radius 3 is 2.72 bits per heavy atom. The molecule has 0 aliphatic carbocycles. The molecule has 0 amide bonds. The molecule has 7 heteroatoms. The molecule has 5 nitrogen and oxygen atoms in total. The van der Waals surface area contributed by atoms with Crippen molar-refractivity contribution in [1.82, 2.24) is 5.32 Å². The molecule has 0 atom stereocenters. The highest BCUT2D eigenvalue weighted by Gasteiger charge is 2.09. The molecule has 0 radical (unpaired) electrons. The van der Waals surface area contributed by atoms with Crippen molar-refractivity contribution in [2.45, 2.75) is 6.92 Å². The van der Waals surface area contributed by atoms with Crippen LogP contribution in [0.1, 0.15) is 15.9 Å². The van der Waals surface area contributed by atoms with Gasteiger partial charge in [0.05, 0.1) is 24.2 Å². The van der Waals surface area contributed by atoms with E-state index in [-0.39, 0.29) is 0 Å². The van der Waals surface area contributed by atoms with Crippen LogP contribution in [0.4, 0.5) is 5.69 Å². The van der Waals surface area contributed by atoms with Crippen LogP contribution < -0.4 is 15.4 Å². The summed E-state index contributed by atoms with van der Waals surface area (Å²) in [5.74, 6) is 0.238. The van der Waals surface area contributed by atoms with E-state index in [1.165, 1.54) is 7.11 Å². The molecule has 0 saturated carbocycles. The lowest BCUT2D eigenvalue weighted by molar-refractivity contribution is 0.0601. The average molecular weight is 379 g/mol. The molecule has 0 aliphatic rings. The number of thiocarbonyl (C=S) groups is 1. The van der Waals surface area contributed by atoms with Gasteiger partial charge in [-0.15, -0.1) is 0 Å². The van der Waals surface area contributed by atoms with Crippen molar-refractivity contribution in [3.8, 4) is 5.75 Å². The number of para-hydroxylation sites is 1. The SMILES string of the molecule is COC(=O)c1ccc(C)c(NC(=S)NCCOc2ccccc2Cl)c1. The van der Waals surface area contributed by atoms with Gasteiger partial charge in [-0.25, -0.2) is 4.79 Å². The fourth-order valence-corrected chi connectivity index (χ4v) is 2.46. The van der Waals surface area contributed by atoms with Gasteiger partial charge in [-0.1, -0.05) is 29.8 Å². The van der Waals surface area contributed by atoms with E-state index in [9.17, 15) is 4.79 Å². The van der Waals surface area contributed by atoms with Crippen molar-refractivity contribution in [1.29, 1.82) is 0 Å². The van der Waals surface area contributed by atoms with Gasteiger partial charge in [-0.3, -0.25) is 0 Å². The van der Waals surface area contributed by atoms with Crippen LogP contribution in [0.25, 0.3) is 0 Å². The number of rotatable bonds is 6. The highest BCUT2D eigenvalue weighted by molar-refractivity contribution is 7.80. The van der Waals surface area contributed by atoms with E-state index in [4.69, 9.17) is 33.3 Å². The normalized spacial score (nSPS) is 10.0. The van der Waals surface area contributed by atoms with Gasteiger partial charge in [0.15, 0.2) is 5.11 Å². The van der Waals surface area contributed by atoms with E-state index < -0.39 is 5.97 Å². The summed E-state index contributed by atoms with van der Waals surface area (Å²) in [6.45, 7) is 2.84. The first kappa shape index (κ1) is 19.0. The molecule has 0 heterocycles. The van der Waals surface area contributed by atoms with Gasteiger partial charge < -0.3 is 20.1 Å². The van der Waals surface area contributed by atoms with E-state index in [1.807, 2.05) is 25.1 Å². The van der Waals surface area contributed by atoms with Gasteiger partial charge in [0.1, 0.15) is 12.4 Å². The van der Waals surface area contributed by atoms with Crippen LogP contribution in [0, 0.1) is 6.92 Å². The molecule has 2 aromatic rings. The number of ether oxygens (including phenoxy) is 2. The molecule has 0 fully saturated rings. The Hall–Kier alpha value is -2.31. The Morgan fingerprint density at radius 1 is 1.24 bits per heavy atom. The summed E-state index contributed by atoms with van der Waals surface area (Å²) in [6.07, 6.45) is 0. The number of halogens is 1. The van der Waals surface area contributed by atoms with Crippen LogP contribution in [0.15, 0.2) is 42.5 Å². The summed E-state index contributed by atoms with van der Waals surface area (Å²) >= 11 is 11.3. The Labute approximate surface area is 157 Å². The smallest absolute Gasteiger partial charge is 0.337 e. The molecule has 2 rings (SSSR count). The van der Waals surface area contributed by atoms with Crippen molar-refractivity contribution in [2.75, 3.05) is 25.6 Å². The summed E-state index contributed by atoms with van der Waals surface area (Å²) in [7, 11) is 1.35. The number of aryl methyl sites for hydroxylation is 1. The third-order valence-corrected chi connectivity index (χ3v) is 3.95. The van der Waals surface area contributed by atoms with Crippen LogP contribution in [0.5, 0.6) is 5.75 Å². The third kappa shape index (κ3) is 5.62. The highest BCUT2D eigenvalue weighted by Crippen LogP contribution is 2.22. The molecule has 0 aromatic heterocycles. The number of esters is 1. The Morgan fingerprint density at radius 2 is 2.00 bits per heavy atom. The second-order valence-electron chi connectivity index (χ2n) is 5.18. The zero-order valence-corrected chi connectivity index (χ0v) is 15.5. The molecular weight excluding hydrogens is 360 g/mol. The molecule has 2 aromatic carbocycles. The number of hydrogen-bond acceptors (Lipinski definition) is 4. The second kappa shape index (κ2) is 9.25. The summed E-state index contributed by atoms with van der Waals surface area (Å²) in [6, 6.07) is 12.5. The minimum absolute atomic E-state index is 0.393. The molecule has 132 valence electrons. The van der Waals surface area contributed by atoms with Crippen LogP contribution >= 0.6 is 23.8 Å². The maximum atomic E-state index is 11.6. The molecule has 0 bridgehead atoms. The molecule has 0 spiro atoms. The summed E-state index contributed by atoms with van der Waals surface area (Å²) in [5, 5.41) is 7.12. The number of hydrogen-bond donors (Lipinski definition) is 2. The zero-order valence-electron chi connectivity index (χ0n) is 14.0. The summed E-state index contributed by atoms with van der Waals surface area (Å²) < 4.78 is 10.3. The van der Waals surface area contributed by atoms with Gasteiger partial charge >= 0.3 is 5.97 Å². The lowest BCUT2D eigenvalue weighted by atomic mass is 10.1. The van der Waals surface area contributed by atoms with Gasteiger partial charge in [-0.2, -0.15) is 0 Å². The molecule has 25 heavy (non-hydrogen) atoms. The first-order valence-corrected chi connectivity index (χ1v) is 8.41. The van der Waals surface area contributed by atoms with Crippen molar-refractivity contribution in [2.24, 2.45) is 0 Å². The quantitative estimate of drug-likeness (QED) is 0.453. The molecule has 0 unspecified atom stereocenters. The largest absolute Gasteiger partial charge is 0.490 e. The highest BCUT2D eigenvalue weighted by atomic mass is 35.5. The van der Waals surface area contributed by atoms with Crippen LogP contribution in [0.3, 0.4) is 0 Å². The summed E-state index contributed by atoms with van der Waals surface area (Å²) in [4.78, 5) is 11.6. The van der Waals surface area contributed by atoms with E-state index >= 15 is 0 Å². The third-order valence-electron chi connectivity index (χ3n) is 3.39. The van der Waals surface area contributed by atoms with Gasteiger partial charge in [0.2, 0.25) is 0 Å². The predicted molar refractivity (Wildman–Crippen MR) is 104 cm³/mol. The molecule has 2 N–H and O–H groups in total. The fraction of sp³-hybridized carbons (Fsp3) is 0.222. The first-order valence-electron chi connectivity index (χ1n) is 7.62. The van der Waals surface area contributed by atoms with Crippen LogP contribution in [-0.4, -0.2) is 31.3 Å². The van der Waals surface area contributed by atoms with Crippen molar-refractivity contribution in [3.63, 3.8) is 0 Å². The first-order chi connectivity index (χ1) is 12.0. The number of carbonyl (C=O) groups is 1. The lowest BCUT2D eigenvalue weighted by Crippen LogP contribution is -2.32. The maximum absolute atomic E-state index is 11.6. The standard InChI is InChI=1S/C18H19ClN2O3S/c1-12-7-8-13(17(22)23-2)11-15(12)21-18(25)20-9-10-24-16-6-4-3-5-14(16)19/h3-8,11H,9-10H2,1-2H3,(H2,20,21,25). The Balaban J connectivity index is 1.84. The van der Waals surface area contributed by atoms with Gasteiger partial charge in [-0.05, 0) is 49.0 Å². The van der Waals surface area contributed by atoms with Crippen LogP contribution in [-0.2, 0) is 4.74 Å². The second-order valence-corrected chi connectivity index (χ2v) is 6.00. The summed E-state index contributed by atoms with van der Waals surface area (Å²) in [5.41, 5.74) is 2.16. The van der Waals surface area contributed by atoms with E-state index in [1.54, 1.807) is 24.3 Å². The average Bonchev–Trinajstić information content (AvgIpc) is 2.61. The fourth-order valence-electron chi connectivity index (χ4n) is 2.06. The Bertz CT molecular complexity index is 768. The van der Waals surface area contributed by atoms with Crippen molar-refractivity contribution < 1.29 is 14.3 Å². The number of anilines is 1. The monoisotopic (exact) mass is 378 g/mol. The predicted octanol–water partition coefficient (Wildman–Crippen LogP) is 3.80. The molecular formula is C18H19ClN2O3S. The lowest BCUT2D eigenvalue weighted by Gasteiger charge is -2.14.